The van der Waals surface area contributed by atoms with Gasteiger partial charge in [-0.25, -0.2) is 0 Å². The van der Waals surface area contributed by atoms with Crippen LogP contribution in [0.25, 0.3) is 0 Å². The molecule has 1 aliphatic rings. The topological polar surface area (TPSA) is 72.3 Å². The summed E-state index contributed by atoms with van der Waals surface area (Å²) >= 11 is 0. The number of tetrazole rings is 1. The van der Waals surface area contributed by atoms with E-state index in [2.05, 4.69) is 36.6 Å². The van der Waals surface area contributed by atoms with Gasteiger partial charge in [-0.15, -0.1) is 10.2 Å². The zero-order chi connectivity index (χ0) is 11.5. The molecular weight excluding hydrogens is 216 g/mol. The summed E-state index contributed by atoms with van der Waals surface area (Å²) in [5, 5.41) is 18.5. The van der Waals surface area contributed by atoms with Crippen LogP contribution in [-0.4, -0.2) is 30.4 Å². The Labute approximate surface area is 99.4 Å². The number of aromatic amines is 1. The van der Waals surface area contributed by atoms with Crippen LogP contribution in [0.1, 0.15) is 49.7 Å². The molecule has 6 heteroatoms. The third-order valence-corrected chi connectivity index (χ3v) is 3.34. The van der Waals surface area contributed by atoms with E-state index >= 15 is 0 Å². The monoisotopic (exact) mass is 232 g/mol. The molecule has 1 N–H and O–H groups in total. The molecule has 2 aromatic heterocycles. The minimum absolute atomic E-state index is 0.586. The molecule has 0 spiro atoms. The number of rotatable bonds is 3. The third kappa shape index (κ3) is 2.35. The van der Waals surface area contributed by atoms with Gasteiger partial charge in [0.2, 0.25) is 0 Å². The highest BCUT2D eigenvalue weighted by atomic mass is 15.5. The number of nitrogens with zero attached hydrogens (tertiary/aromatic N) is 5. The van der Waals surface area contributed by atoms with E-state index in [4.69, 9.17) is 0 Å². The van der Waals surface area contributed by atoms with Crippen molar-refractivity contribution in [2.75, 3.05) is 0 Å². The molecule has 0 atom stereocenters. The van der Waals surface area contributed by atoms with E-state index in [9.17, 15) is 0 Å². The van der Waals surface area contributed by atoms with E-state index < -0.39 is 0 Å². The van der Waals surface area contributed by atoms with Crippen LogP contribution < -0.4 is 0 Å². The predicted molar refractivity (Wildman–Crippen MR) is 61.3 cm³/mol. The average molecular weight is 232 g/mol. The van der Waals surface area contributed by atoms with Gasteiger partial charge in [-0.3, -0.25) is 4.68 Å². The molecule has 1 aliphatic carbocycles. The first kappa shape index (κ1) is 10.4. The van der Waals surface area contributed by atoms with Crippen LogP contribution in [0.5, 0.6) is 0 Å². The van der Waals surface area contributed by atoms with Crippen LogP contribution in [0.15, 0.2) is 12.3 Å². The van der Waals surface area contributed by atoms with Crippen molar-refractivity contribution in [1.82, 2.24) is 30.4 Å². The lowest BCUT2D eigenvalue weighted by molar-refractivity contribution is 0.328. The van der Waals surface area contributed by atoms with Gasteiger partial charge in [-0.2, -0.15) is 10.3 Å². The smallest absolute Gasteiger partial charge is 0.180 e. The Morgan fingerprint density at radius 3 is 2.94 bits per heavy atom. The number of hydrogen-bond acceptors (Lipinski definition) is 4. The van der Waals surface area contributed by atoms with E-state index in [0.717, 1.165) is 5.69 Å². The minimum atomic E-state index is 0.586. The van der Waals surface area contributed by atoms with Crippen molar-refractivity contribution in [1.29, 1.82) is 0 Å². The highest BCUT2D eigenvalue weighted by Gasteiger charge is 2.16. The molecule has 0 radical (unpaired) electrons. The maximum absolute atomic E-state index is 4.60. The first-order chi connectivity index (χ1) is 8.42. The summed E-state index contributed by atoms with van der Waals surface area (Å²) in [6.45, 7) is 0. The summed E-state index contributed by atoms with van der Waals surface area (Å²) < 4.78 is 2.11. The molecule has 1 saturated carbocycles. The van der Waals surface area contributed by atoms with E-state index in [-0.39, 0.29) is 0 Å². The van der Waals surface area contributed by atoms with Crippen LogP contribution in [0.4, 0.5) is 0 Å². The number of hydrogen-bond donors (Lipinski definition) is 1. The van der Waals surface area contributed by atoms with Gasteiger partial charge in [0.1, 0.15) is 0 Å². The molecule has 2 heterocycles. The normalized spacial score (nSPS) is 17.4. The van der Waals surface area contributed by atoms with Crippen molar-refractivity contribution < 1.29 is 0 Å². The molecule has 0 aliphatic heterocycles. The van der Waals surface area contributed by atoms with E-state index in [0.29, 0.717) is 18.3 Å². The van der Waals surface area contributed by atoms with Crippen LogP contribution in [0.3, 0.4) is 0 Å². The molecular formula is C11H16N6. The zero-order valence-corrected chi connectivity index (χ0v) is 9.71. The van der Waals surface area contributed by atoms with Gasteiger partial charge in [0.15, 0.2) is 5.82 Å². The minimum Gasteiger partial charge on any atom is -0.269 e. The summed E-state index contributed by atoms with van der Waals surface area (Å²) in [5.74, 6) is 0.693. The van der Waals surface area contributed by atoms with Crippen LogP contribution >= 0.6 is 0 Å². The second-order valence-electron chi connectivity index (χ2n) is 4.58. The Kier molecular flexibility index (Phi) is 2.85. The molecule has 0 bridgehead atoms. The van der Waals surface area contributed by atoms with Crippen molar-refractivity contribution in [2.24, 2.45) is 0 Å². The van der Waals surface area contributed by atoms with Gasteiger partial charge < -0.3 is 0 Å². The zero-order valence-electron chi connectivity index (χ0n) is 9.71. The van der Waals surface area contributed by atoms with Gasteiger partial charge in [-0.1, -0.05) is 24.5 Å². The van der Waals surface area contributed by atoms with Gasteiger partial charge in [-0.05, 0) is 18.9 Å². The average Bonchev–Trinajstić information content (AvgIpc) is 3.02. The van der Waals surface area contributed by atoms with Gasteiger partial charge in [0.25, 0.3) is 0 Å². The molecule has 2 aromatic rings. The maximum atomic E-state index is 4.60. The molecule has 17 heavy (non-hydrogen) atoms. The summed E-state index contributed by atoms with van der Waals surface area (Å²) in [6.07, 6.45) is 9.25. The third-order valence-electron chi connectivity index (χ3n) is 3.34. The van der Waals surface area contributed by atoms with Gasteiger partial charge in [0.05, 0.1) is 18.2 Å². The SMILES string of the molecule is c1cn(C2CCCCC2)nc1Cc1nn[nH]n1. The van der Waals surface area contributed by atoms with Crippen LogP contribution in [0, 0.1) is 0 Å². The highest BCUT2D eigenvalue weighted by Crippen LogP contribution is 2.27. The Balaban J connectivity index is 1.69. The summed E-state index contributed by atoms with van der Waals surface area (Å²) in [6, 6.07) is 2.63. The summed E-state index contributed by atoms with van der Waals surface area (Å²) in [7, 11) is 0. The molecule has 6 nitrogen and oxygen atoms in total. The Bertz CT molecular complexity index is 454. The summed E-state index contributed by atoms with van der Waals surface area (Å²) in [4.78, 5) is 0. The fourth-order valence-electron chi connectivity index (χ4n) is 2.44. The highest BCUT2D eigenvalue weighted by molar-refractivity contribution is 5.06. The standard InChI is InChI=1S/C11H16N6/c1-2-4-10(5-3-1)17-7-6-9(14-17)8-11-12-15-16-13-11/h6-7,10H,1-5,8H2,(H,12,13,15,16). The Hall–Kier alpha value is -1.72. The van der Waals surface area contributed by atoms with Crippen molar-refractivity contribution in [3.8, 4) is 0 Å². The van der Waals surface area contributed by atoms with E-state index in [1.54, 1.807) is 0 Å². The number of nitrogens with one attached hydrogen (secondary N) is 1. The lowest BCUT2D eigenvalue weighted by Gasteiger charge is -2.21. The maximum Gasteiger partial charge on any atom is 0.180 e. The number of H-pyrrole nitrogens is 1. The first-order valence-electron chi connectivity index (χ1n) is 6.18. The van der Waals surface area contributed by atoms with Crippen molar-refractivity contribution in [3.63, 3.8) is 0 Å². The predicted octanol–water partition coefficient (Wildman–Crippen LogP) is 1.49. The van der Waals surface area contributed by atoms with Crippen molar-refractivity contribution in [3.05, 3.63) is 23.8 Å². The molecule has 3 rings (SSSR count). The van der Waals surface area contributed by atoms with E-state index in [1.807, 2.05) is 6.07 Å². The van der Waals surface area contributed by atoms with Gasteiger partial charge in [0, 0.05) is 6.20 Å². The molecule has 0 unspecified atom stereocenters. The second kappa shape index (κ2) is 4.65. The Morgan fingerprint density at radius 1 is 1.29 bits per heavy atom. The van der Waals surface area contributed by atoms with E-state index in [1.165, 1.54) is 32.1 Å². The lowest BCUT2D eigenvalue weighted by atomic mass is 9.96. The molecule has 1 fully saturated rings. The molecule has 0 amide bonds. The molecule has 0 saturated heterocycles. The van der Waals surface area contributed by atoms with Crippen molar-refractivity contribution >= 4 is 0 Å². The van der Waals surface area contributed by atoms with Crippen molar-refractivity contribution in [2.45, 2.75) is 44.6 Å². The Morgan fingerprint density at radius 2 is 2.18 bits per heavy atom. The van der Waals surface area contributed by atoms with Crippen LogP contribution in [0.2, 0.25) is 0 Å². The quantitative estimate of drug-likeness (QED) is 0.870. The number of aromatic nitrogens is 6. The first-order valence-corrected chi connectivity index (χ1v) is 6.18. The fraction of sp³-hybridized carbons (Fsp3) is 0.636. The largest absolute Gasteiger partial charge is 0.269 e. The second-order valence-corrected chi connectivity index (χ2v) is 4.58. The lowest BCUT2D eigenvalue weighted by Crippen LogP contribution is -2.13. The summed E-state index contributed by atoms with van der Waals surface area (Å²) in [5.41, 5.74) is 1.01. The molecule has 90 valence electrons. The van der Waals surface area contributed by atoms with Gasteiger partial charge >= 0.3 is 0 Å². The fourth-order valence-corrected chi connectivity index (χ4v) is 2.44. The molecule has 0 aromatic carbocycles. The van der Waals surface area contributed by atoms with Crippen LogP contribution in [-0.2, 0) is 6.42 Å².